The minimum absolute atomic E-state index is 0.130. The summed E-state index contributed by atoms with van der Waals surface area (Å²) in [7, 11) is 0. The molecule has 0 aromatic carbocycles. The van der Waals surface area contributed by atoms with Crippen molar-refractivity contribution in [3.63, 3.8) is 0 Å². The quantitative estimate of drug-likeness (QED) is 0.796. The van der Waals surface area contributed by atoms with E-state index in [2.05, 4.69) is 33.0 Å². The van der Waals surface area contributed by atoms with Crippen molar-refractivity contribution in [3.05, 3.63) is 0 Å². The third-order valence-electron chi connectivity index (χ3n) is 4.04. The van der Waals surface area contributed by atoms with Crippen molar-refractivity contribution in [2.24, 2.45) is 17.1 Å². The Morgan fingerprint density at radius 3 is 2.29 bits per heavy atom. The highest BCUT2D eigenvalue weighted by Gasteiger charge is 2.24. The molecular formula is C14H28N2O. The average Bonchev–Trinajstić information content (AvgIpc) is 2.20. The van der Waals surface area contributed by atoms with Crippen molar-refractivity contribution in [2.45, 2.75) is 71.9 Å². The van der Waals surface area contributed by atoms with Crippen molar-refractivity contribution >= 4 is 5.91 Å². The Morgan fingerprint density at radius 2 is 1.82 bits per heavy atom. The van der Waals surface area contributed by atoms with E-state index in [9.17, 15) is 4.79 Å². The van der Waals surface area contributed by atoms with Gasteiger partial charge >= 0.3 is 0 Å². The molecule has 17 heavy (non-hydrogen) atoms. The van der Waals surface area contributed by atoms with Gasteiger partial charge in [0, 0.05) is 18.5 Å². The molecule has 3 heteroatoms. The number of nitrogens with two attached hydrogens (primary N) is 1. The first kappa shape index (κ1) is 14.5. The molecule has 0 radical (unpaired) electrons. The maximum Gasteiger partial charge on any atom is 0.220 e. The molecule has 0 saturated heterocycles. The molecule has 0 aromatic heterocycles. The number of rotatable bonds is 3. The van der Waals surface area contributed by atoms with Crippen LogP contribution in [0, 0.1) is 11.3 Å². The van der Waals surface area contributed by atoms with Crippen LogP contribution in [0.15, 0.2) is 0 Å². The Balaban J connectivity index is 2.30. The second-order valence-corrected chi connectivity index (χ2v) is 6.64. The Hall–Kier alpha value is -0.570. The zero-order valence-corrected chi connectivity index (χ0v) is 11.8. The predicted octanol–water partition coefficient (Wildman–Crippen LogP) is 2.44. The van der Waals surface area contributed by atoms with Gasteiger partial charge in [-0.25, -0.2) is 0 Å². The van der Waals surface area contributed by atoms with Crippen molar-refractivity contribution < 1.29 is 4.79 Å². The van der Waals surface area contributed by atoms with Gasteiger partial charge in [0.1, 0.15) is 0 Å². The van der Waals surface area contributed by atoms with Crippen LogP contribution >= 0.6 is 0 Å². The first-order valence-corrected chi connectivity index (χ1v) is 6.84. The van der Waals surface area contributed by atoms with Crippen LogP contribution in [0.3, 0.4) is 0 Å². The van der Waals surface area contributed by atoms with Crippen LogP contribution in [0.5, 0.6) is 0 Å². The molecule has 1 atom stereocenters. The highest BCUT2D eigenvalue weighted by atomic mass is 16.1. The van der Waals surface area contributed by atoms with Crippen molar-refractivity contribution in [1.82, 2.24) is 5.32 Å². The highest BCUT2D eigenvalue weighted by molar-refractivity contribution is 5.76. The Kier molecular flexibility index (Phi) is 4.99. The summed E-state index contributed by atoms with van der Waals surface area (Å²) in [5.74, 6) is 0.745. The fourth-order valence-corrected chi connectivity index (χ4v) is 2.17. The molecule has 0 spiro atoms. The molecule has 1 aliphatic carbocycles. The van der Waals surface area contributed by atoms with E-state index in [4.69, 9.17) is 5.73 Å². The Labute approximate surface area is 106 Å². The van der Waals surface area contributed by atoms with Gasteiger partial charge in [-0.1, -0.05) is 20.8 Å². The molecule has 3 N–H and O–H groups in total. The summed E-state index contributed by atoms with van der Waals surface area (Å²) in [4.78, 5) is 11.9. The summed E-state index contributed by atoms with van der Waals surface area (Å²) < 4.78 is 0. The zero-order valence-electron chi connectivity index (χ0n) is 11.8. The lowest BCUT2D eigenvalue weighted by molar-refractivity contribution is -0.123. The molecule has 100 valence electrons. The average molecular weight is 240 g/mol. The molecule has 1 amide bonds. The first-order chi connectivity index (χ1) is 7.79. The normalized spacial score (nSPS) is 27.6. The second kappa shape index (κ2) is 5.85. The highest BCUT2D eigenvalue weighted by Crippen LogP contribution is 2.26. The van der Waals surface area contributed by atoms with E-state index in [0.29, 0.717) is 18.4 Å². The van der Waals surface area contributed by atoms with E-state index in [0.717, 1.165) is 25.7 Å². The smallest absolute Gasteiger partial charge is 0.220 e. The number of carbonyl (C=O) groups excluding carboxylic acids is 1. The van der Waals surface area contributed by atoms with E-state index in [-0.39, 0.29) is 17.4 Å². The predicted molar refractivity (Wildman–Crippen MR) is 71.6 cm³/mol. The maximum atomic E-state index is 11.9. The van der Waals surface area contributed by atoms with Gasteiger partial charge in [0.2, 0.25) is 5.91 Å². The Morgan fingerprint density at radius 1 is 1.29 bits per heavy atom. The minimum Gasteiger partial charge on any atom is -0.353 e. The molecule has 0 bridgehead atoms. The summed E-state index contributed by atoms with van der Waals surface area (Å²) in [6.45, 7) is 8.53. The molecule has 3 nitrogen and oxygen atoms in total. The fraction of sp³-hybridized carbons (Fsp3) is 0.929. The Bertz CT molecular complexity index is 249. The molecule has 1 unspecified atom stereocenters. The van der Waals surface area contributed by atoms with Crippen LogP contribution in [0.4, 0.5) is 0 Å². The van der Waals surface area contributed by atoms with E-state index in [1.807, 2.05) is 0 Å². The van der Waals surface area contributed by atoms with Gasteiger partial charge in [-0.2, -0.15) is 0 Å². The van der Waals surface area contributed by atoms with Crippen LogP contribution in [0.25, 0.3) is 0 Å². The number of hydrogen-bond donors (Lipinski definition) is 2. The molecular weight excluding hydrogens is 212 g/mol. The number of carbonyl (C=O) groups is 1. The van der Waals surface area contributed by atoms with Crippen molar-refractivity contribution in [3.8, 4) is 0 Å². The summed E-state index contributed by atoms with van der Waals surface area (Å²) >= 11 is 0. The maximum absolute atomic E-state index is 11.9. The van der Waals surface area contributed by atoms with E-state index >= 15 is 0 Å². The molecule has 0 aromatic rings. The van der Waals surface area contributed by atoms with E-state index in [1.165, 1.54) is 0 Å². The van der Waals surface area contributed by atoms with Crippen LogP contribution in [0.2, 0.25) is 0 Å². The van der Waals surface area contributed by atoms with Gasteiger partial charge in [0.15, 0.2) is 0 Å². The summed E-state index contributed by atoms with van der Waals surface area (Å²) in [5.41, 5.74) is 5.99. The van der Waals surface area contributed by atoms with Gasteiger partial charge in [-0.05, 0) is 43.9 Å². The molecule has 0 heterocycles. The topological polar surface area (TPSA) is 55.1 Å². The van der Waals surface area contributed by atoms with Gasteiger partial charge in [0.05, 0.1) is 0 Å². The standard InChI is InChI=1S/C14H28N2O/c1-10(14(2,3)4)16-13(17)9-11-5-7-12(15)8-6-11/h10-12H,5-9,15H2,1-4H3,(H,16,17). The summed E-state index contributed by atoms with van der Waals surface area (Å²) in [6.07, 6.45) is 5.05. The summed E-state index contributed by atoms with van der Waals surface area (Å²) in [5, 5.41) is 3.11. The molecule has 1 aliphatic rings. The van der Waals surface area contributed by atoms with Crippen LogP contribution < -0.4 is 11.1 Å². The lowest BCUT2D eigenvalue weighted by Crippen LogP contribution is -2.42. The largest absolute Gasteiger partial charge is 0.353 e. The molecule has 1 fully saturated rings. The second-order valence-electron chi connectivity index (χ2n) is 6.64. The van der Waals surface area contributed by atoms with Gasteiger partial charge < -0.3 is 11.1 Å². The SMILES string of the molecule is CC(NC(=O)CC1CCC(N)CC1)C(C)(C)C. The third kappa shape index (κ3) is 5.07. The number of nitrogens with one attached hydrogen (secondary N) is 1. The third-order valence-corrected chi connectivity index (χ3v) is 4.04. The zero-order chi connectivity index (χ0) is 13.1. The molecule has 0 aliphatic heterocycles. The monoisotopic (exact) mass is 240 g/mol. The molecule has 1 saturated carbocycles. The van der Waals surface area contributed by atoms with E-state index < -0.39 is 0 Å². The van der Waals surface area contributed by atoms with Crippen molar-refractivity contribution in [1.29, 1.82) is 0 Å². The van der Waals surface area contributed by atoms with Gasteiger partial charge in [0.25, 0.3) is 0 Å². The number of amides is 1. The van der Waals surface area contributed by atoms with Gasteiger partial charge in [-0.15, -0.1) is 0 Å². The van der Waals surface area contributed by atoms with Crippen LogP contribution in [0.1, 0.15) is 59.8 Å². The fourth-order valence-electron chi connectivity index (χ4n) is 2.17. The first-order valence-electron chi connectivity index (χ1n) is 6.84. The van der Waals surface area contributed by atoms with Crippen LogP contribution in [-0.4, -0.2) is 18.0 Å². The minimum atomic E-state index is 0.130. The van der Waals surface area contributed by atoms with Gasteiger partial charge in [-0.3, -0.25) is 4.79 Å². The molecule has 1 rings (SSSR count). The summed E-state index contributed by atoms with van der Waals surface area (Å²) in [6, 6.07) is 0.587. The lowest BCUT2D eigenvalue weighted by atomic mass is 9.83. The van der Waals surface area contributed by atoms with Crippen LogP contribution in [-0.2, 0) is 4.79 Å². The van der Waals surface area contributed by atoms with Crippen molar-refractivity contribution in [2.75, 3.05) is 0 Å². The lowest BCUT2D eigenvalue weighted by Gasteiger charge is -2.30. The number of hydrogen-bond acceptors (Lipinski definition) is 2. The van der Waals surface area contributed by atoms with E-state index in [1.54, 1.807) is 0 Å².